The standard InChI is InChI=1S/C42H35F3N6O2/c43-42(44,45)39-35(26-51(48-39)41(30-10-4-1-5-11-30,31-12-6-2-7-13-31)32-14-8-3-9-15-32)29-16-18-36-34(24-29)40(47-27-46-36)50-22-20-49(21-23-50)33-17-19-37-38(25-33)53-28-52-37/h1-14,16-19,24-27,32H,15,20-23,28H2. The fraction of sp³-hybridized carbons (Fsp3) is 0.214. The van der Waals surface area contributed by atoms with Gasteiger partial charge in [0, 0.05) is 61.0 Å². The van der Waals surface area contributed by atoms with E-state index < -0.39 is 17.4 Å². The van der Waals surface area contributed by atoms with Gasteiger partial charge in [-0.25, -0.2) is 9.97 Å². The number of hydrogen-bond donors (Lipinski definition) is 0. The maximum atomic E-state index is 15.2. The third-order valence-electron chi connectivity index (χ3n) is 10.5. The third-order valence-corrected chi connectivity index (χ3v) is 10.5. The number of halogens is 3. The average molecular weight is 713 g/mol. The molecule has 0 bridgehead atoms. The number of piperazine rings is 1. The molecule has 53 heavy (non-hydrogen) atoms. The normalized spacial score (nSPS) is 17.2. The average Bonchev–Trinajstić information content (AvgIpc) is 3.88. The van der Waals surface area contributed by atoms with Crippen LogP contribution < -0.4 is 19.3 Å². The maximum absolute atomic E-state index is 15.2. The Morgan fingerprint density at radius 1 is 0.717 bits per heavy atom. The summed E-state index contributed by atoms with van der Waals surface area (Å²) in [5.74, 6) is 1.94. The number of alkyl halides is 3. The number of aromatic nitrogens is 4. The molecule has 266 valence electrons. The molecule has 3 aliphatic rings. The summed E-state index contributed by atoms with van der Waals surface area (Å²) in [7, 11) is 0. The van der Waals surface area contributed by atoms with E-state index in [1.165, 1.54) is 6.33 Å². The molecular formula is C42H35F3N6O2. The summed E-state index contributed by atoms with van der Waals surface area (Å²) < 4.78 is 58.1. The van der Waals surface area contributed by atoms with E-state index in [9.17, 15) is 0 Å². The Labute approximate surface area is 304 Å². The molecule has 0 saturated carbocycles. The van der Waals surface area contributed by atoms with Crippen molar-refractivity contribution < 1.29 is 22.6 Å². The van der Waals surface area contributed by atoms with Crippen LogP contribution in [0, 0.1) is 5.92 Å². The minimum Gasteiger partial charge on any atom is -0.454 e. The third kappa shape index (κ3) is 5.76. The van der Waals surface area contributed by atoms with E-state index in [1.807, 2.05) is 91.0 Å². The summed E-state index contributed by atoms with van der Waals surface area (Å²) in [6.45, 7) is 2.99. The van der Waals surface area contributed by atoms with Crippen molar-refractivity contribution in [3.63, 3.8) is 0 Å². The molecule has 1 aliphatic carbocycles. The molecule has 9 rings (SSSR count). The lowest BCUT2D eigenvalue weighted by Gasteiger charge is -2.41. The summed E-state index contributed by atoms with van der Waals surface area (Å²) in [4.78, 5) is 13.6. The van der Waals surface area contributed by atoms with Crippen molar-refractivity contribution in [1.29, 1.82) is 0 Å². The first-order valence-electron chi connectivity index (χ1n) is 17.7. The van der Waals surface area contributed by atoms with E-state index in [2.05, 4.69) is 37.0 Å². The van der Waals surface area contributed by atoms with Crippen LogP contribution in [0.1, 0.15) is 23.2 Å². The number of hydrogen-bond acceptors (Lipinski definition) is 7. The highest BCUT2D eigenvalue weighted by Gasteiger charge is 2.46. The van der Waals surface area contributed by atoms with Gasteiger partial charge in [0.1, 0.15) is 17.7 Å². The van der Waals surface area contributed by atoms with Crippen molar-refractivity contribution in [1.82, 2.24) is 19.7 Å². The largest absolute Gasteiger partial charge is 0.454 e. The number of benzene rings is 4. The topological polar surface area (TPSA) is 68.5 Å². The van der Waals surface area contributed by atoms with Crippen molar-refractivity contribution in [2.45, 2.75) is 18.1 Å². The molecule has 4 heterocycles. The minimum atomic E-state index is -4.72. The van der Waals surface area contributed by atoms with Crippen molar-refractivity contribution >= 4 is 22.4 Å². The van der Waals surface area contributed by atoms with Gasteiger partial charge in [-0.1, -0.05) is 91.0 Å². The van der Waals surface area contributed by atoms with Gasteiger partial charge in [0.25, 0.3) is 0 Å². The SMILES string of the molecule is FC(F)(F)c1nn(C(c2ccccc2)(c2ccccc2)C2C=CC=CC2)cc1-c1ccc2ncnc(N3CCN(c4ccc5c(c4)OCO5)CC3)c2c1. The van der Waals surface area contributed by atoms with Crippen LogP contribution in [-0.4, -0.2) is 52.7 Å². The Kier molecular flexibility index (Phi) is 8.13. The predicted octanol–water partition coefficient (Wildman–Crippen LogP) is 8.49. The predicted molar refractivity (Wildman–Crippen MR) is 198 cm³/mol. The van der Waals surface area contributed by atoms with Gasteiger partial charge in [-0.3, -0.25) is 4.68 Å². The number of ether oxygens (including phenoxy) is 2. The molecule has 8 nitrogen and oxygen atoms in total. The molecule has 6 aromatic rings. The van der Waals surface area contributed by atoms with Crippen LogP contribution in [0.25, 0.3) is 22.0 Å². The van der Waals surface area contributed by atoms with Crippen molar-refractivity contribution in [3.8, 4) is 22.6 Å². The first-order chi connectivity index (χ1) is 25.9. The van der Waals surface area contributed by atoms with E-state index in [-0.39, 0.29) is 18.3 Å². The Hall–Kier alpha value is -6.10. The molecule has 1 atom stereocenters. The molecule has 0 amide bonds. The van der Waals surface area contributed by atoms with Gasteiger partial charge in [0.2, 0.25) is 6.79 Å². The zero-order valence-corrected chi connectivity index (χ0v) is 28.7. The highest BCUT2D eigenvalue weighted by Crippen LogP contribution is 2.47. The van der Waals surface area contributed by atoms with Crippen LogP contribution in [0.4, 0.5) is 24.7 Å². The number of nitrogens with zero attached hydrogens (tertiary/aromatic N) is 6. The summed E-state index contributed by atoms with van der Waals surface area (Å²) >= 11 is 0. The summed E-state index contributed by atoms with van der Waals surface area (Å²) in [6.07, 6.45) is 7.04. The lowest BCUT2D eigenvalue weighted by atomic mass is 9.70. The second-order valence-electron chi connectivity index (χ2n) is 13.4. The van der Waals surface area contributed by atoms with E-state index in [1.54, 1.807) is 29.1 Å². The number of rotatable bonds is 7. The highest BCUT2D eigenvalue weighted by atomic mass is 19.4. The van der Waals surface area contributed by atoms with E-state index in [0.29, 0.717) is 41.8 Å². The van der Waals surface area contributed by atoms with Crippen molar-refractivity contribution in [2.24, 2.45) is 5.92 Å². The molecule has 2 aliphatic heterocycles. The first kappa shape index (κ1) is 32.8. The zero-order chi connectivity index (χ0) is 36.0. The van der Waals surface area contributed by atoms with Gasteiger partial charge >= 0.3 is 6.18 Å². The first-order valence-corrected chi connectivity index (χ1v) is 17.7. The van der Waals surface area contributed by atoms with Gasteiger partial charge in [-0.15, -0.1) is 0 Å². The molecule has 11 heteroatoms. The number of fused-ring (bicyclic) bond motifs is 2. The summed E-state index contributed by atoms with van der Waals surface area (Å²) in [6, 6.07) is 30.6. The van der Waals surface area contributed by atoms with Gasteiger partial charge < -0.3 is 19.3 Å². The highest BCUT2D eigenvalue weighted by molar-refractivity contribution is 5.93. The van der Waals surface area contributed by atoms with E-state index >= 15 is 13.2 Å². The van der Waals surface area contributed by atoms with Crippen LogP contribution >= 0.6 is 0 Å². The molecule has 0 spiro atoms. The molecule has 1 fully saturated rings. The van der Waals surface area contributed by atoms with E-state index in [0.717, 1.165) is 41.4 Å². The molecule has 1 saturated heterocycles. The zero-order valence-electron chi connectivity index (χ0n) is 28.7. The molecule has 1 unspecified atom stereocenters. The number of anilines is 2. The monoisotopic (exact) mass is 712 g/mol. The Balaban J connectivity index is 1.13. The Bertz CT molecular complexity index is 2290. The van der Waals surface area contributed by atoms with Gasteiger partial charge in [-0.2, -0.15) is 18.3 Å². The summed E-state index contributed by atoms with van der Waals surface area (Å²) in [5, 5.41) is 5.16. The lowest BCUT2D eigenvalue weighted by molar-refractivity contribution is -0.141. The second-order valence-corrected chi connectivity index (χ2v) is 13.4. The van der Waals surface area contributed by atoms with Gasteiger partial charge in [-0.05, 0) is 47.4 Å². The van der Waals surface area contributed by atoms with Crippen molar-refractivity contribution in [2.75, 3.05) is 42.8 Å². The lowest BCUT2D eigenvalue weighted by Crippen LogP contribution is -2.46. The quantitative estimate of drug-likeness (QED) is 0.165. The van der Waals surface area contributed by atoms with Crippen LogP contribution in [-0.2, 0) is 11.7 Å². The number of allylic oxidation sites excluding steroid dienone is 4. The molecule has 0 radical (unpaired) electrons. The summed E-state index contributed by atoms with van der Waals surface area (Å²) in [5.41, 5.74) is 1.74. The minimum absolute atomic E-state index is 0.00611. The molecule has 2 aromatic heterocycles. The Morgan fingerprint density at radius 2 is 1.43 bits per heavy atom. The van der Waals surface area contributed by atoms with Gasteiger partial charge in [0.05, 0.1) is 5.52 Å². The van der Waals surface area contributed by atoms with Crippen LogP contribution in [0.3, 0.4) is 0 Å². The maximum Gasteiger partial charge on any atom is 0.435 e. The van der Waals surface area contributed by atoms with Gasteiger partial charge in [0.15, 0.2) is 17.2 Å². The van der Waals surface area contributed by atoms with Crippen LogP contribution in [0.5, 0.6) is 11.5 Å². The van der Waals surface area contributed by atoms with Crippen LogP contribution in [0.2, 0.25) is 0 Å². The second kappa shape index (κ2) is 13.1. The fourth-order valence-electron chi connectivity index (χ4n) is 8.00. The smallest absolute Gasteiger partial charge is 0.435 e. The molecule has 4 aromatic carbocycles. The Morgan fingerprint density at radius 3 is 2.13 bits per heavy atom. The fourth-order valence-corrected chi connectivity index (χ4v) is 8.00. The van der Waals surface area contributed by atoms with Crippen LogP contribution in [0.15, 0.2) is 134 Å². The van der Waals surface area contributed by atoms with E-state index in [4.69, 9.17) is 9.47 Å². The van der Waals surface area contributed by atoms with Crippen molar-refractivity contribution in [3.05, 3.63) is 151 Å². The molecular weight excluding hydrogens is 677 g/mol. The molecule has 0 N–H and O–H groups in total.